The summed E-state index contributed by atoms with van der Waals surface area (Å²) in [5.74, 6) is -0.181. The predicted octanol–water partition coefficient (Wildman–Crippen LogP) is -1.74. The van der Waals surface area contributed by atoms with E-state index in [2.05, 4.69) is 20.1 Å². The summed E-state index contributed by atoms with van der Waals surface area (Å²) in [6, 6.07) is 8.98. The maximum Gasteiger partial charge on any atom is 1.00 e. The minimum atomic E-state index is -0.694. The normalized spacial score (nSPS) is 13.4. The van der Waals surface area contributed by atoms with Crippen molar-refractivity contribution in [1.29, 1.82) is 0 Å². The number of carbonyl (C=O) groups excluding carboxylic acids is 3. The Bertz CT molecular complexity index is 1430. The van der Waals surface area contributed by atoms with E-state index in [1.807, 2.05) is 18.2 Å². The van der Waals surface area contributed by atoms with Gasteiger partial charge in [-0.1, -0.05) is 23.7 Å². The summed E-state index contributed by atoms with van der Waals surface area (Å²) < 4.78 is 6.87. The number of ketones is 1. The van der Waals surface area contributed by atoms with Crippen LogP contribution in [0.2, 0.25) is 0 Å². The van der Waals surface area contributed by atoms with Crippen molar-refractivity contribution in [1.82, 2.24) is 34.5 Å². The molecule has 3 aromatic heterocycles. The number of aromatic nitrogens is 5. The Morgan fingerprint density at radius 2 is 1.69 bits per heavy atom. The fourth-order valence-corrected chi connectivity index (χ4v) is 4.13. The molecular weight excluding hydrogens is 457 g/mol. The summed E-state index contributed by atoms with van der Waals surface area (Å²) in [6.45, 7) is 2.96. The standard InChI is InChI=1S/C24H23N7O4.Li/c1-15-27-14-31(28-15)22-20-19(18(35-2)13-26-22)17(12-25-20)21(32)24(34)30-10-8-29(9-11-30)23(33)16-6-4-3-5-7-16;/h3-7,12-14H,8-11H2,1-2H3,(H,25,26,32);/q;+1/p-1. The smallest absolute Gasteiger partial charge is 0.660 e. The van der Waals surface area contributed by atoms with Crippen LogP contribution in [0.15, 0.2) is 49.1 Å². The molecular formula is C24H22LiN7O4. The van der Waals surface area contributed by atoms with E-state index < -0.39 is 11.7 Å². The third-order valence-corrected chi connectivity index (χ3v) is 5.95. The Labute approximate surface area is 218 Å². The van der Waals surface area contributed by atoms with Crippen LogP contribution in [0.5, 0.6) is 5.75 Å². The third-order valence-electron chi connectivity index (χ3n) is 5.95. The Hall–Kier alpha value is -3.94. The minimum absolute atomic E-state index is 0. The molecule has 11 nitrogen and oxygen atoms in total. The van der Waals surface area contributed by atoms with Crippen LogP contribution in [-0.4, -0.2) is 80.4 Å². The van der Waals surface area contributed by atoms with Gasteiger partial charge in [-0.15, -0.1) is 0 Å². The molecule has 0 unspecified atom stereocenters. The monoisotopic (exact) mass is 479 g/mol. The first kappa shape index (κ1) is 25.2. The molecule has 1 aliphatic rings. The summed E-state index contributed by atoms with van der Waals surface area (Å²) in [5, 5.41) is 4.65. The van der Waals surface area contributed by atoms with Crippen molar-refractivity contribution in [3.8, 4) is 11.6 Å². The van der Waals surface area contributed by atoms with Crippen LogP contribution in [0.4, 0.5) is 0 Å². The van der Waals surface area contributed by atoms with Crippen molar-refractivity contribution in [2.45, 2.75) is 6.92 Å². The molecule has 2 amide bonds. The van der Waals surface area contributed by atoms with Gasteiger partial charge in [0.15, 0.2) is 0 Å². The molecule has 178 valence electrons. The summed E-state index contributed by atoms with van der Waals surface area (Å²) in [5.41, 5.74) is 1.10. The number of amides is 2. The number of fused-ring (bicyclic) bond motifs is 1. The Morgan fingerprint density at radius 3 is 2.33 bits per heavy atom. The molecule has 1 aliphatic heterocycles. The number of aryl methyl sites for hydroxylation is 1. The Balaban J connectivity index is 0.00000304. The largest absolute Gasteiger partial charge is 1.00 e. The van der Waals surface area contributed by atoms with Gasteiger partial charge in [-0.2, -0.15) is 11.3 Å². The third kappa shape index (κ3) is 4.50. The molecule has 5 rings (SSSR count). The molecule has 12 heteroatoms. The van der Waals surface area contributed by atoms with Crippen molar-refractivity contribution in [3.05, 3.63) is 66.0 Å². The van der Waals surface area contributed by atoms with E-state index in [0.717, 1.165) is 0 Å². The number of hydrogen-bond acceptors (Lipinski definition) is 7. The van der Waals surface area contributed by atoms with E-state index in [0.29, 0.717) is 46.9 Å². The topological polar surface area (TPSA) is 125 Å². The zero-order valence-electron chi connectivity index (χ0n) is 20.2. The van der Waals surface area contributed by atoms with Crippen molar-refractivity contribution in [2.24, 2.45) is 0 Å². The SMILES string of the molecule is COc1cnc(-n2cnc(C)n2)c2[n-]cc(C(=O)C(=O)N3CCN(C(=O)c4ccccc4)CC3)c12.[Li+]. The van der Waals surface area contributed by atoms with Crippen LogP contribution in [0.25, 0.3) is 16.7 Å². The number of Topliss-reactive ketones (excluding diaryl/α,β-unsaturated/α-hetero) is 1. The number of hydrogen-bond donors (Lipinski definition) is 0. The van der Waals surface area contributed by atoms with Crippen LogP contribution in [0.3, 0.4) is 0 Å². The number of pyridine rings is 1. The van der Waals surface area contributed by atoms with Crippen LogP contribution in [0, 0.1) is 6.92 Å². The van der Waals surface area contributed by atoms with Gasteiger partial charge >= 0.3 is 18.9 Å². The van der Waals surface area contributed by atoms with E-state index in [1.54, 1.807) is 24.0 Å². The fourth-order valence-electron chi connectivity index (χ4n) is 4.13. The summed E-state index contributed by atoms with van der Waals surface area (Å²) in [6.07, 6.45) is 4.32. The second kappa shape index (κ2) is 10.4. The number of rotatable bonds is 5. The van der Waals surface area contributed by atoms with E-state index in [4.69, 9.17) is 4.74 Å². The van der Waals surface area contributed by atoms with Gasteiger partial charge in [0.25, 0.3) is 11.8 Å². The summed E-state index contributed by atoms with van der Waals surface area (Å²) >= 11 is 0. The molecule has 0 saturated carbocycles. The quantitative estimate of drug-likeness (QED) is 0.188. The van der Waals surface area contributed by atoms with E-state index in [9.17, 15) is 14.4 Å². The van der Waals surface area contributed by atoms with Crippen LogP contribution in [0.1, 0.15) is 26.5 Å². The zero-order valence-corrected chi connectivity index (χ0v) is 20.2. The number of benzene rings is 1. The molecule has 0 aliphatic carbocycles. The molecule has 0 radical (unpaired) electrons. The van der Waals surface area contributed by atoms with Crippen LogP contribution < -0.4 is 28.6 Å². The van der Waals surface area contributed by atoms with E-state index in [-0.39, 0.29) is 43.4 Å². The average molecular weight is 479 g/mol. The van der Waals surface area contributed by atoms with Crippen molar-refractivity contribution in [3.63, 3.8) is 0 Å². The summed E-state index contributed by atoms with van der Waals surface area (Å²) in [4.78, 5) is 55.0. The first-order chi connectivity index (χ1) is 17.0. The second-order valence-electron chi connectivity index (χ2n) is 8.06. The van der Waals surface area contributed by atoms with Gasteiger partial charge in [-0.3, -0.25) is 14.4 Å². The first-order valence-electron chi connectivity index (χ1n) is 11.0. The summed E-state index contributed by atoms with van der Waals surface area (Å²) in [7, 11) is 1.46. The van der Waals surface area contributed by atoms with Gasteiger partial charge in [-0.05, 0) is 19.1 Å². The van der Waals surface area contributed by atoms with Gasteiger partial charge < -0.3 is 19.5 Å². The molecule has 1 aromatic carbocycles. The number of piperazine rings is 1. The number of carbonyl (C=O) groups is 3. The van der Waals surface area contributed by atoms with Gasteiger partial charge in [0.05, 0.1) is 13.3 Å². The molecule has 36 heavy (non-hydrogen) atoms. The number of ether oxygens (including phenoxy) is 1. The van der Waals surface area contributed by atoms with Crippen LogP contribution in [-0.2, 0) is 4.79 Å². The number of nitrogens with zero attached hydrogens (tertiary/aromatic N) is 7. The first-order valence-corrected chi connectivity index (χ1v) is 11.0. The van der Waals surface area contributed by atoms with E-state index in [1.165, 1.54) is 35.4 Å². The van der Waals surface area contributed by atoms with Crippen molar-refractivity contribution < 1.29 is 38.0 Å². The predicted molar refractivity (Wildman–Crippen MR) is 125 cm³/mol. The van der Waals surface area contributed by atoms with Gasteiger partial charge in [0, 0.05) is 42.7 Å². The molecule has 0 atom stereocenters. The second-order valence-corrected chi connectivity index (χ2v) is 8.06. The molecule has 1 saturated heterocycles. The van der Waals surface area contributed by atoms with Gasteiger partial charge in [0.1, 0.15) is 23.7 Å². The molecule has 0 N–H and O–H groups in total. The molecule has 0 bridgehead atoms. The fraction of sp³-hybridized carbons (Fsp3) is 0.250. The molecule has 1 fully saturated rings. The Morgan fingerprint density at radius 1 is 1.00 bits per heavy atom. The van der Waals surface area contributed by atoms with Crippen molar-refractivity contribution in [2.75, 3.05) is 33.3 Å². The minimum Gasteiger partial charge on any atom is -0.660 e. The van der Waals surface area contributed by atoms with E-state index >= 15 is 0 Å². The maximum absolute atomic E-state index is 13.3. The molecule has 4 aromatic rings. The molecule has 4 heterocycles. The number of methoxy groups -OCH3 is 1. The zero-order chi connectivity index (χ0) is 24.5. The molecule has 0 spiro atoms. The Kier molecular flexibility index (Phi) is 7.24. The van der Waals surface area contributed by atoms with Crippen LogP contribution >= 0.6 is 0 Å². The maximum atomic E-state index is 13.3. The average Bonchev–Trinajstić information content (AvgIpc) is 3.54. The van der Waals surface area contributed by atoms with Gasteiger partial charge in [0.2, 0.25) is 5.78 Å². The van der Waals surface area contributed by atoms with Gasteiger partial charge in [-0.25, -0.2) is 14.6 Å². The van der Waals surface area contributed by atoms with Crippen molar-refractivity contribution >= 4 is 28.5 Å².